The molecule has 1 rings (SSSR count). The lowest BCUT2D eigenvalue weighted by Gasteiger charge is -2.30. The number of oxime groups is 1. The molecule has 1 atom stereocenters. The monoisotopic (exact) mass is 271 g/mol. The second-order valence-corrected chi connectivity index (χ2v) is 6.19. The molecule has 19 heavy (non-hydrogen) atoms. The van der Waals surface area contributed by atoms with Crippen molar-refractivity contribution >= 4 is 5.84 Å². The highest BCUT2D eigenvalue weighted by molar-refractivity contribution is 5.85. The normalized spacial score (nSPS) is 23.3. The van der Waals surface area contributed by atoms with E-state index in [0.717, 1.165) is 32.4 Å². The Morgan fingerprint density at radius 2 is 2.11 bits per heavy atom. The predicted octanol–water partition coefficient (Wildman–Crippen LogP) is 1.78. The van der Waals surface area contributed by atoms with Gasteiger partial charge in [-0.3, -0.25) is 4.90 Å². The van der Waals surface area contributed by atoms with Crippen LogP contribution < -0.4 is 5.73 Å². The van der Waals surface area contributed by atoms with Crippen LogP contribution in [0.2, 0.25) is 0 Å². The standard InChI is InChI=1S/C14H29N3O2/c1-14(2,13(15)16-19)8-6-10-17-9-5-3-4-7-12(17)11-18/h12,18-19H,3-11H2,1-2H3,(H2,15,16). The highest BCUT2D eigenvalue weighted by atomic mass is 16.4. The number of nitrogens with two attached hydrogens (primary N) is 1. The molecule has 0 radical (unpaired) electrons. The van der Waals surface area contributed by atoms with Crippen LogP contribution in [0, 0.1) is 5.41 Å². The number of aliphatic hydroxyl groups excluding tert-OH is 1. The van der Waals surface area contributed by atoms with Crippen molar-refractivity contribution in [2.24, 2.45) is 16.3 Å². The molecule has 0 saturated carbocycles. The zero-order chi connectivity index (χ0) is 14.3. The maximum absolute atomic E-state index is 9.46. The average molecular weight is 271 g/mol. The molecule has 0 aromatic rings. The summed E-state index contributed by atoms with van der Waals surface area (Å²) < 4.78 is 0. The van der Waals surface area contributed by atoms with Crippen LogP contribution >= 0.6 is 0 Å². The fourth-order valence-corrected chi connectivity index (χ4v) is 2.73. The minimum atomic E-state index is -0.269. The first-order valence-corrected chi connectivity index (χ1v) is 7.34. The molecule has 5 nitrogen and oxygen atoms in total. The summed E-state index contributed by atoms with van der Waals surface area (Å²) in [6, 6.07) is 0.314. The number of likely N-dealkylation sites (tertiary alicyclic amines) is 1. The molecule has 1 fully saturated rings. The average Bonchev–Trinajstić information content (AvgIpc) is 2.62. The molecular weight excluding hydrogens is 242 g/mol. The molecule has 0 amide bonds. The van der Waals surface area contributed by atoms with E-state index in [1.807, 2.05) is 13.8 Å². The molecular formula is C14H29N3O2. The van der Waals surface area contributed by atoms with E-state index in [9.17, 15) is 5.11 Å². The van der Waals surface area contributed by atoms with E-state index >= 15 is 0 Å². The summed E-state index contributed by atoms with van der Waals surface area (Å²) in [5, 5.41) is 21.3. The Labute approximate surface area is 116 Å². The zero-order valence-electron chi connectivity index (χ0n) is 12.3. The Morgan fingerprint density at radius 1 is 1.37 bits per heavy atom. The third-order valence-corrected chi connectivity index (χ3v) is 4.26. The molecule has 1 heterocycles. The van der Waals surface area contributed by atoms with Gasteiger partial charge < -0.3 is 16.0 Å². The zero-order valence-corrected chi connectivity index (χ0v) is 12.3. The molecule has 0 aliphatic carbocycles. The van der Waals surface area contributed by atoms with E-state index in [1.54, 1.807) is 0 Å². The molecule has 0 aromatic carbocycles. The molecule has 1 unspecified atom stereocenters. The molecule has 0 spiro atoms. The van der Waals surface area contributed by atoms with Gasteiger partial charge in [0.2, 0.25) is 0 Å². The Balaban J connectivity index is 2.42. The minimum Gasteiger partial charge on any atom is -0.409 e. The van der Waals surface area contributed by atoms with Crippen molar-refractivity contribution in [3.8, 4) is 0 Å². The number of aliphatic hydroxyl groups is 1. The smallest absolute Gasteiger partial charge is 0.144 e. The third kappa shape index (κ3) is 4.99. The highest BCUT2D eigenvalue weighted by Gasteiger charge is 2.25. The number of amidine groups is 1. The van der Waals surface area contributed by atoms with Crippen LogP contribution in [0.5, 0.6) is 0 Å². The van der Waals surface area contributed by atoms with Gasteiger partial charge in [0, 0.05) is 11.5 Å². The molecule has 1 aliphatic rings. The summed E-state index contributed by atoms with van der Waals surface area (Å²) in [5.41, 5.74) is 5.43. The van der Waals surface area contributed by atoms with Crippen LogP contribution in [0.1, 0.15) is 52.4 Å². The topological polar surface area (TPSA) is 82.1 Å². The van der Waals surface area contributed by atoms with E-state index < -0.39 is 0 Å². The second-order valence-electron chi connectivity index (χ2n) is 6.19. The van der Waals surface area contributed by atoms with Gasteiger partial charge in [0.25, 0.3) is 0 Å². The van der Waals surface area contributed by atoms with Gasteiger partial charge in [-0.1, -0.05) is 31.8 Å². The highest BCUT2D eigenvalue weighted by Crippen LogP contribution is 2.24. The van der Waals surface area contributed by atoms with Gasteiger partial charge in [-0.2, -0.15) is 0 Å². The van der Waals surface area contributed by atoms with E-state index in [4.69, 9.17) is 10.9 Å². The van der Waals surface area contributed by atoms with Gasteiger partial charge in [0.1, 0.15) is 5.84 Å². The van der Waals surface area contributed by atoms with Crippen molar-refractivity contribution in [1.82, 2.24) is 4.90 Å². The van der Waals surface area contributed by atoms with Gasteiger partial charge in [-0.25, -0.2) is 0 Å². The van der Waals surface area contributed by atoms with Crippen LogP contribution in [0.15, 0.2) is 5.16 Å². The second kappa shape index (κ2) is 7.70. The lowest BCUT2D eigenvalue weighted by Crippen LogP contribution is -2.39. The minimum absolute atomic E-state index is 0.254. The Kier molecular flexibility index (Phi) is 6.58. The summed E-state index contributed by atoms with van der Waals surface area (Å²) >= 11 is 0. The van der Waals surface area contributed by atoms with E-state index in [2.05, 4.69) is 10.1 Å². The predicted molar refractivity (Wildman–Crippen MR) is 77.3 cm³/mol. The summed E-state index contributed by atoms with van der Waals surface area (Å²) in [4.78, 5) is 2.40. The quantitative estimate of drug-likeness (QED) is 0.298. The van der Waals surface area contributed by atoms with Crippen molar-refractivity contribution in [2.75, 3.05) is 19.7 Å². The van der Waals surface area contributed by atoms with E-state index in [0.29, 0.717) is 11.9 Å². The number of hydrogen-bond donors (Lipinski definition) is 3. The Hall–Kier alpha value is -0.810. The van der Waals surface area contributed by atoms with E-state index in [1.165, 1.54) is 19.3 Å². The molecule has 1 saturated heterocycles. The molecule has 4 N–H and O–H groups in total. The SMILES string of the molecule is CC(C)(CCCN1CCCCCC1CO)C(N)=NO. The Bertz CT molecular complexity index is 292. The lowest BCUT2D eigenvalue weighted by atomic mass is 9.86. The fourth-order valence-electron chi connectivity index (χ4n) is 2.73. The molecule has 5 heteroatoms. The van der Waals surface area contributed by atoms with Gasteiger partial charge in [0.15, 0.2) is 0 Å². The summed E-state index contributed by atoms with van der Waals surface area (Å²) in [6.45, 7) is 6.30. The van der Waals surface area contributed by atoms with Gasteiger partial charge >= 0.3 is 0 Å². The number of rotatable bonds is 6. The first kappa shape index (κ1) is 16.2. The van der Waals surface area contributed by atoms with Gasteiger partial charge in [-0.15, -0.1) is 0 Å². The maximum atomic E-state index is 9.46. The lowest BCUT2D eigenvalue weighted by molar-refractivity contribution is 0.120. The molecule has 112 valence electrons. The summed E-state index contributed by atoms with van der Waals surface area (Å²) in [6.07, 6.45) is 6.69. The molecule has 0 aromatic heterocycles. The van der Waals surface area contributed by atoms with Crippen LogP contribution in [0.4, 0.5) is 0 Å². The van der Waals surface area contributed by atoms with Gasteiger partial charge in [0.05, 0.1) is 6.61 Å². The first-order valence-electron chi connectivity index (χ1n) is 7.34. The van der Waals surface area contributed by atoms with Crippen LogP contribution in [0.3, 0.4) is 0 Å². The third-order valence-electron chi connectivity index (χ3n) is 4.26. The van der Waals surface area contributed by atoms with Crippen molar-refractivity contribution in [1.29, 1.82) is 0 Å². The van der Waals surface area contributed by atoms with Gasteiger partial charge in [-0.05, 0) is 38.8 Å². The van der Waals surface area contributed by atoms with Crippen molar-refractivity contribution in [3.63, 3.8) is 0 Å². The first-order chi connectivity index (χ1) is 9.01. The Morgan fingerprint density at radius 3 is 2.74 bits per heavy atom. The largest absolute Gasteiger partial charge is 0.409 e. The van der Waals surface area contributed by atoms with Crippen molar-refractivity contribution in [3.05, 3.63) is 0 Å². The van der Waals surface area contributed by atoms with E-state index in [-0.39, 0.29) is 12.0 Å². The summed E-state index contributed by atoms with van der Waals surface area (Å²) in [5.74, 6) is 0.294. The van der Waals surface area contributed by atoms with Crippen LogP contribution in [0.25, 0.3) is 0 Å². The molecule has 1 aliphatic heterocycles. The number of nitrogens with zero attached hydrogens (tertiary/aromatic N) is 2. The maximum Gasteiger partial charge on any atom is 0.144 e. The van der Waals surface area contributed by atoms with Crippen LogP contribution in [-0.2, 0) is 0 Å². The summed E-state index contributed by atoms with van der Waals surface area (Å²) in [7, 11) is 0. The number of hydrogen-bond acceptors (Lipinski definition) is 4. The van der Waals surface area contributed by atoms with Crippen molar-refractivity contribution < 1.29 is 10.3 Å². The van der Waals surface area contributed by atoms with Crippen LogP contribution in [-0.4, -0.2) is 46.8 Å². The molecule has 0 bridgehead atoms. The van der Waals surface area contributed by atoms with Crippen molar-refractivity contribution in [2.45, 2.75) is 58.4 Å². The fraction of sp³-hybridized carbons (Fsp3) is 0.929.